The van der Waals surface area contributed by atoms with Crippen LogP contribution in [0.3, 0.4) is 0 Å². The average Bonchev–Trinajstić information content (AvgIpc) is 2.15. The molecule has 15 heavy (non-hydrogen) atoms. The number of carboxylic acids is 1. The van der Waals surface area contributed by atoms with Crippen LogP contribution in [0.15, 0.2) is 0 Å². The summed E-state index contributed by atoms with van der Waals surface area (Å²) in [5.41, 5.74) is 5.62. The van der Waals surface area contributed by atoms with Crippen LogP contribution in [0, 0.1) is 0 Å². The molecule has 1 atom stereocenters. The molecule has 0 spiro atoms. The first-order valence-corrected chi connectivity index (χ1v) is 5.18. The summed E-state index contributed by atoms with van der Waals surface area (Å²) in [5.74, 6) is -1.08. The van der Waals surface area contributed by atoms with Gasteiger partial charge in [-0.2, -0.15) is 0 Å². The zero-order valence-electron chi connectivity index (χ0n) is 9.56. The molecule has 5 heteroatoms. The van der Waals surface area contributed by atoms with Gasteiger partial charge in [0.25, 0.3) is 0 Å². The standard InChI is InChI=1S/C10H20N2O3/c1-4-8(11)10(15)12(7(2)3)6-5-9(13)14/h7-8H,4-6,11H2,1-3H3,(H,13,14)/t8-/m0/s1. The normalized spacial score (nSPS) is 12.6. The predicted octanol–water partition coefficient (Wildman–Crippen LogP) is 0.435. The van der Waals surface area contributed by atoms with Crippen molar-refractivity contribution in [2.45, 2.75) is 45.7 Å². The van der Waals surface area contributed by atoms with E-state index < -0.39 is 12.0 Å². The number of amides is 1. The monoisotopic (exact) mass is 216 g/mol. The van der Waals surface area contributed by atoms with E-state index in [1.165, 1.54) is 4.90 Å². The Kier molecular flexibility index (Phi) is 5.93. The summed E-state index contributed by atoms with van der Waals surface area (Å²) in [6.07, 6.45) is 0.523. The highest BCUT2D eigenvalue weighted by Crippen LogP contribution is 2.04. The van der Waals surface area contributed by atoms with E-state index in [1.807, 2.05) is 20.8 Å². The van der Waals surface area contributed by atoms with Gasteiger partial charge in [0.15, 0.2) is 0 Å². The van der Waals surface area contributed by atoms with Gasteiger partial charge in [0.05, 0.1) is 12.5 Å². The molecule has 5 nitrogen and oxygen atoms in total. The fourth-order valence-electron chi connectivity index (χ4n) is 1.23. The van der Waals surface area contributed by atoms with Crippen LogP contribution in [0.1, 0.15) is 33.6 Å². The predicted molar refractivity (Wildman–Crippen MR) is 57.4 cm³/mol. The summed E-state index contributed by atoms with van der Waals surface area (Å²) in [4.78, 5) is 23.7. The Morgan fingerprint density at radius 3 is 2.27 bits per heavy atom. The third-order valence-corrected chi connectivity index (χ3v) is 2.23. The minimum Gasteiger partial charge on any atom is -0.481 e. The van der Waals surface area contributed by atoms with Crippen LogP contribution in [-0.4, -0.2) is 40.5 Å². The van der Waals surface area contributed by atoms with Crippen LogP contribution in [0.25, 0.3) is 0 Å². The van der Waals surface area contributed by atoms with Gasteiger partial charge in [-0.25, -0.2) is 0 Å². The average molecular weight is 216 g/mol. The second-order valence-electron chi connectivity index (χ2n) is 3.78. The van der Waals surface area contributed by atoms with E-state index in [-0.39, 0.29) is 24.9 Å². The summed E-state index contributed by atoms with van der Waals surface area (Å²) in [5, 5.41) is 8.55. The Morgan fingerprint density at radius 1 is 1.40 bits per heavy atom. The molecular formula is C10H20N2O3. The SMILES string of the molecule is CC[C@H](N)C(=O)N(CCC(=O)O)C(C)C. The summed E-state index contributed by atoms with van der Waals surface area (Å²) >= 11 is 0. The molecule has 3 N–H and O–H groups in total. The van der Waals surface area contributed by atoms with Crippen molar-refractivity contribution in [2.24, 2.45) is 5.73 Å². The van der Waals surface area contributed by atoms with Gasteiger partial charge < -0.3 is 15.7 Å². The molecule has 0 aromatic rings. The molecule has 0 aliphatic heterocycles. The van der Waals surface area contributed by atoms with Crippen LogP contribution in [0.2, 0.25) is 0 Å². The van der Waals surface area contributed by atoms with Crippen molar-refractivity contribution in [3.05, 3.63) is 0 Å². The maximum absolute atomic E-state index is 11.7. The van der Waals surface area contributed by atoms with Gasteiger partial charge in [0.2, 0.25) is 5.91 Å². The molecule has 0 fully saturated rings. The first-order valence-electron chi connectivity index (χ1n) is 5.18. The van der Waals surface area contributed by atoms with Gasteiger partial charge >= 0.3 is 5.97 Å². The lowest BCUT2D eigenvalue weighted by atomic mass is 10.1. The molecule has 0 aromatic heterocycles. The number of hydrogen-bond acceptors (Lipinski definition) is 3. The molecule has 0 saturated carbocycles. The molecule has 0 aromatic carbocycles. The highest BCUT2D eigenvalue weighted by Gasteiger charge is 2.22. The van der Waals surface area contributed by atoms with E-state index in [2.05, 4.69) is 0 Å². The van der Waals surface area contributed by atoms with E-state index in [0.717, 1.165) is 0 Å². The van der Waals surface area contributed by atoms with E-state index in [9.17, 15) is 9.59 Å². The van der Waals surface area contributed by atoms with Gasteiger partial charge in [0.1, 0.15) is 0 Å². The second kappa shape index (κ2) is 6.40. The number of aliphatic carboxylic acids is 1. The Balaban J connectivity index is 4.38. The first-order chi connectivity index (χ1) is 6.90. The third-order valence-electron chi connectivity index (χ3n) is 2.23. The van der Waals surface area contributed by atoms with Crippen LogP contribution in [0.4, 0.5) is 0 Å². The fourth-order valence-corrected chi connectivity index (χ4v) is 1.23. The van der Waals surface area contributed by atoms with E-state index in [0.29, 0.717) is 6.42 Å². The molecule has 0 bridgehead atoms. The fraction of sp³-hybridized carbons (Fsp3) is 0.800. The number of rotatable bonds is 6. The van der Waals surface area contributed by atoms with Gasteiger partial charge in [0, 0.05) is 12.6 Å². The highest BCUT2D eigenvalue weighted by atomic mass is 16.4. The zero-order valence-corrected chi connectivity index (χ0v) is 9.56. The van der Waals surface area contributed by atoms with E-state index in [4.69, 9.17) is 10.8 Å². The highest BCUT2D eigenvalue weighted by molar-refractivity contribution is 5.82. The number of hydrogen-bond donors (Lipinski definition) is 2. The van der Waals surface area contributed by atoms with Crippen molar-refractivity contribution in [1.29, 1.82) is 0 Å². The van der Waals surface area contributed by atoms with Crippen LogP contribution >= 0.6 is 0 Å². The molecule has 88 valence electrons. The quantitative estimate of drug-likeness (QED) is 0.674. The zero-order chi connectivity index (χ0) is 12.0. The molecule has 0 aliphatic carbocycles. The number of nitrogens with two attached hydrogens (primary N) is 1. The lowest BCUT2D eigenvalue weighted by Gasteiger charge is -2.28. The van der Waals surface area contributed by atoms with Crippen LogP contribution < -0.4 is 5.73 Å². The van der Waals surface area contributed by atoms with Crippen LogP contribution in [0.5, 0.6) is 0 Å². The summed E-state index contributed by atoms with van der Waals surface area (Å²) in [7, 11) is 0. The largest absolute Gasteiger partial charge is 0.481 e. The number of carbonyl (C=O) groups is 2. The minimum atomic E-state index is -0.904. The minimum absolute atomic E-state index is 0.0190. The maximum Gasteiger partial charge on any atom is 0.305 e. The molecule has 0 heterocycles. The summed E-state index contributed by atoms with van der Waals surface area (Å²) < 4.78 is 0. The molecule has 0 aliphatic rings. The van der Waals surface area contributed by atoms with Crippen molar-refractivity contribution < 1.29 is 14.7 Å². The van der Waals surface area contributed by atoms with Crippen molar-refractivity contribution in [2.75, 3.05) is 6.54 Å². The Hall–Kier alpha value is -1.10. The molecule has 0 radical (unpaired) electrons. The second-order valence-corrected chi connectivity index (χ2v) is 3.78. The molecular weight excluding hydrogens is 196 g/mol. The third kappa shape index (κ3) is 4.78. The van der Waals surface area contributed by atoms with Gasteiger partial charge in [-0.05, 0) is 20.3 Å². The lowest BCUT2D eigenvalue weighted by molar-refractivity contribution is -0.139. The number of nitrogens with zero attached hydrogens (tertiary/aromatic N) is 1. The smallest absolute Gasteiger partial charge is 0.305 e. The maximum atomic E-state index is 11.7. The van der Waals surface area contributed by atoms with E-state index >= 15 is 0 Å². The van der Waals surface area contributed by atoms with Crippen molar-refractivity contribution in [3.63, 3.8) is 0 Å². The van der Waals surface area contributed by atoms with Crippen molar-refractivity contribution in [3.8, 4) is 0 Å². The molecule has 0 unspecified atom stereocenters. The lowest BCUT2D eigenvalue weighted by Crippen LogP contribution is -2.47. The topological polar surface area (TPSA) is 83.6 Å². The van der Waals surface area contributed by atoms with Crippen molar-refractivity contribution >= 4 is 11.9 Å². The van der Waals surface area contributed by atoms with Gasteiger partial charge in [-0.1, -0.05) is 6.92 Å². The number of carboxylic acid groups (broad SMARTS) is 1. The van der Waals surface area contributed by atoms with Crippen LogP contribution in [-0.2, 0) is 9.59 Å². The molecule has 0 rings (SSSR count). The van der Waals surface area contributed by atoms with Crippen molar-refractivity contribution in [1.82, 2.24) is 4.90 Å². The van der Waals surface area contributed by atoms with Gasteiger partial charge in [-0.15, -0.1) is 0 Å². The Bertz CT molecular complexity index is 229. The van der Waals surface area contributed by atoms with Gasteiger partial charge in [-0.3, -0.25) is 9.59 Å². The molecule has 0 saturated heterocycles. The Morgan fingerprint density at radius 2 is 1.93 bits per heavy atom. The first kappa shape index (κ1) is 13.9. The number of carbonyl (C=O) groups excluding carboxylic acids is 1. The Labute approximate surface area is 90.2 Å². The summed E-state index contributed by atoms with van der Waals surface area (Å²) in [6, 6.07) is -0.546. The molecule has 1 amide bonds. The summed E-state index contributed by atoms with van der Waals surface area (Å²) in [6.45, 7) is 5.75. The van der Waals surface area contributed by atoms with E-state index in [1.54, 1.807) is 0 Å².